The fraction of sp³-hybridized carbons (Fsp3) is 0.182. The Kier molecular flexibility index (Phi) is 10.9. The van der Waals surface area contributed by atoms with Gasteiger partial charge in [-0.1, -0.05) is 23.7 Å². The van der Waals surface area contributed by atoms with E-state index in [-0.39, 0.29) is 28.8 Å². The summed E-state index contributed by atoms with van der Waals surface area (Å²) >= 11 is 6.00. The normalized spacial score (nSPS) is 13.2. The molecule has 1 fully saturated rings. The summed E-state index contributed by atoms with van der Waals surface area (Å²) in [4.78, 5) is 64.6. The minimum Gasteiger partial charge on any atom is -0.477 e. The molecule has 266 valence electrons. The molecule has 3 amide bonds. The number of aliphatic imine (C=N–C) groups is 1. The van der Waals surface area contributed by atoms with Crippen molar-refractivity contribution in [2.45, 2.75) is 24.6 Å². The molecule has 5 rings (SSSR count). The molecule has 0 saturated heterocycles. The lowest BCUT2D eigenvalue weighted by Crippen LogP contribution is -2.40. The lowest BCUT2D eigenvalue weighted by molar-refractivity contribution is -0.154. The number of carboxylic acid groups (broad SMARTS) is 1. The average Bonchev–Trinajstić information content (AvgIpc) is 3.89. The fourth-order valence-electron chi connectivity index (χ4n) is 4.51. The molecule has 52 heavy (non-hydrogen) atoms. The van der Waals surface area contributed by atoms with Gasteiger partial charge in [0.15, 0.2) is 6.61 Å². The first-order chi connectivity index (χ1) is 24.7. The van der Waals surface area contributed by atoms with Crippen molar-refractivity contribution < 1.29 is 42.2 Å². The number of carboxylic acids is 1. The van der Waals surface area contributed by atoms with E-state index in [1.54, 1.807) is 12.1 Å². The molecule has 15 nitrogen and oxygen atoms in total. The Morgan fingerprint density at radius 2 is 1.54 bits per heavy atom. The third kappa shape index (κ3) is 9.98. The van der Waals surface area contributed by atoms with Crippen molar-refractivity contribution in [1.29, 1.82) is 5.26 Å². The van der Waals surface area contributed by atoms with E-state index in [1.807, 2.05) is 18.2 Å². The highest BCUT2D eigenvalue weighted by atomic mass is 35.5. The number of benzene rings is 3. The molecule has 5 N–H and O–H groups in total. The molecule has 0 aliphatic heterocycles. The van der Waals surface area contributed by atoms with Gasteiger partial charge in [-0.05, 0) is 79.1 Å². The Hall–Kier alpha value is -6.61. The smallest absolute Gasteiger partial charge is 0.422 e. The Morgan fingerprint density at radius 3 is 2.13 bits per heavy atom. The zero-order chi connectivity index (χ0) is 37.5. The highest BCUT2D eigenvalue weighted by Crippen LogP contribution is 2.48. The topological polar surface area (TPSA) is 221 Å². The highest BCUT2D eigenvalue weighted by Gasteiger charge is 2.45. The Morgan fingerprint density at radius 1 is 0.904 bits per heavy atom. The molecular formula is C33H25ClF3N9O6. The van der Waals surface area contributed by atoms with Crippen molar-refractivity contribution >= 4 is 64.3 Å². The molecule has 0 radical (unpaired) electrons. The minimum absolute atomic E-state index is 0.0664. The van der Waals surface area contributed by atoms with Crippen LogP contribution in [0.5, 0.6) is 6.01 Å². The first-order valence-electron chi connectivity index (χ1n) is 15.0. The maximum absolute atomic E-state index is 12.9. The average molecular weight is 736 g/mol. The first-order valence-corrected chi connectivity index (χ1v) is 15.4. The highest BCUT2D eigenvalue weighted by molar-refractivity contribution is 6.42. The van der Waals surface area contributed by atoms with Crippen molar-refractivity contribution in [2.75, 3.05) is 29.1 Å². The van der Waals surface area contributed by atoms with Crippen molar-refractivity contribution in [1.82, 2.24) is 20.3 Å². The van der Waals surface area contributed by atoms with Crippen LogP contribution in [-0.4, -0.2) is 68.8 Å². The Balaban J connectivity index is 1.25. The van der Waals surface area contributed by atoms with Gasteiger partial charge in [0.2, 0.25) is 11.9 Å². The number of nitriles is 1. The van der Waals surface area contributed by atoms with E-state index in [9.17, 15) is 37.5 Å². The maximum atomic E-state index is 12.9. The van der Waals surface area contributed by atoms with Crippen molar-refractivity contribution in [3.8, 4) is 12.1 Å². The lowest BCUT2D eigenvalue weighted by atomic mass is 10.1. The number of hydrogen-bond donors (Lipinski definition) is 5. The molecule has 1 heterocycles. The second kappa shape index (κ2) is 15.5. The molecule has 0 atom stereocenters. The number of carbonyl (C=O) groups excluding carboxylic acids is 3. The van der Waals surface area contributed by atoms with Gasteiger partial charge in [-0.25, -0.2) is 9.79 Å². The summed E-state index contributed by atoms with van der Waals surface area (Å²) in [5.41, 5.74) is 0.264. The molecule has 3 aromatic carbocycles. The van der Waals surface area contributed by atoms with Gasteiger partial charge in [-0.3, -0.25) is 14.4 Å². The van der Waals surface area contributed by atoms with E-state index in [1.165, 1.54) is 48.5 Å². The van der Waals surface area contributed by atoms with Gasteiger partial charge in [0.1, 0.15) is 5.71 Å². The summed E-state index contributed by atoms with van der Waals surface area (Å²) in [6.07, 6.45) is -3.29. The van der Waals surface area contributed by atoms with Gasteiger partial charge in [0.25, 0.3) is 5.91 Å². The molecule has 0 bridgehead atoms. The van der Waals surface area contributed by atoms with Crippen LogP contribution in [0.4, 0.5) is 36.4 Å². The third-order valence-electron chi connectivity index (χ3n) is 7.24. The molecule has 0 unspecified atom stereocenters. The molecule has 1 saturated carbocycles. The summed E-state index contributed by atoms with van der Waals surface area (Å²) < 4.78 is 43.5. The van der Waals surface area contributed by atoms with Crippen LogP contribution < -0.4 is 26.0 Å². The van der Waals surface area contributed by atoms with Gasteiger partial charge >= 0.3 is 30.0 Å². The van der Waals surface area contributed by atoms with E-state index in [2.05, 4.69) is 41.2 Å². The number of hydrogen-bond acceptors (Lipinski definition) is 11. The number of aliphatic carboxylic acids is 1. The van der Waals surface area contributed by atoms with E-state index >= 15 is 0 Å². The number of carbonyl (C=O) groups is 4. The number of anilines is 4. The molecule has 1 aliphatic carbocycles. The molecule has 1 aliphatic rings. The zero-order valence-corrected chi connectivity index (χ0v) is 27.2. The maximum Gasteiger partial charge on any atom is 0.422 e. The number of halogens is 4. The van der Waals surface area contributed by atoms with Gasteiger partial charge in [0.05, 0.1) is 23.7 Å². The van der Waals surface area contributed by atoms with Crippen LogP contribution in [-0.2, 0) is 19.9 Å². The van der Waals surface area contributed by atoms with E-state index in [0.29, 0.717) is 23.4 Å². The summed E-state index contributed by atoms with van der Waals surface area (Å²) in [5.74, 6) is -5.22. The van der Waals surface area contributed by atoms with Crippen LogP contribution in [0.1, 0.15) is 34.3 Å². The SMILES string of the molecule is N#Cc1ccc(NC(=O)C(=O)NC/C(=N/C(=O)c2ccc(Nc3nc(NC4(c5ccc(Cl)cc5)CC4)nc(OCC(F)(F)F)n3)cc2)C(=O)O)cc1. The molecule has 1 aromatic heterocycles. The quantitative estimate of drug-likeness (QED) is 0.0995. The second-order valence-electron chi connectivity index (χ2n) is 11.1. The van der Waals surface area contributed by atoms with Crippen molar-refractivity contribution in [3.05, 3.63) is 94.5 Å². The largest absolute Gasteiger partial charge is 0.477 e. The van der Waals surface area contributed by atoms with Gasteiger partial charge in [-0.15, -0.1) is 0 Å². The van der Waals surface area contributed by atoms with Crippen molar-refractivity contribution in [3.63, 3.8) is 0 Å². The summed E-state index contributed by atoms with van der Waals surface area (Å²) in [7, 11) is 0. The van der Waals surface area contributed by atoms with Gasteiger partial charge in [0, 0.05) is 22.0 Å². The Bertz CT molecular complexity index is 2070. The first kappa shape index (κ1) is 36.7. The number of rotatable bonds is 12. The number of nitrogens with zero attached hydrogens (tertiary/aromatic N) is 5. The summed E-state index contributed by atoms with van der Waals surface area (Å²) in [6.45, 7) is -2.42. The standard InChI is InChI=1S/C33H25ClF3N9O6/c34-21-7-5-20(6-8-21)32(13-14-32)46-30-43-29(44-31(45-30)52-17-33(35,36)37)41-23-11-3-19(4-12-23)25(47)42-24(28(50)51)16-39-26(48)27(49)40-22-9-1-18(15-38)2-10-22/h1-12H,13-14,16-17H2,(H,39,48)(H,40,49)(H,50,51)(H2,41,43,44,45,46)/b42-24-. The van der Waals surface area contributed by atoms with E-state index in [4.69, 9.17) is 21.6 Å². The van der Waals surface area contributed by atoms with Crippen LogP contribution in [0.15, 0.2) is 77.8 Å². The number of amides is 3. The Labute approximate surface area is 296 Å². The fourth-order valence-corrected chi connectivity index (χ4v) is 4.63. The van der Waals surface area contributed by atoms with Crippen LogP contribution in [0.2, 0.25) is 5.02 Å². The van der Waals surface area contributed by atoms with Crippen molar-refractivity contribution in [2.24, 2.45) is 4.99 Å². The molecular weight excluding hydrogens is 711 g/mol. The number of aromatic nitrogens is 3. The van der Waals surface area contributed by atoms with Gasteiger partial charge < -0.3 is 31.1 Å². The molecule has 19 heteroatoms. The van der Waals surface area contributed by atoms with Crippen LogP contribution in [0.3, 0.4) is 0 Å². The predicted molar refractivity (Wildman–Crippen MR) is 179 cm³/mol. The van der Waals surface area contributed by atoms with Crippen LogP contribution in [0.25, 0.3) is 0 Å². The summed E-state index contributed by atoms with van der Waals surface area (Å²) in [6, 6.07) is 19.3. The summed E-state index contributed by atoms with van der Waals surface area (Å²) in [5, 5.41) is 29.2. The van der Waals surface area contributed by atoms with Crippen LogP contribution in [0, 0.1) is 11.3 Å². The van der Waals surface area contributed by atoms with E-state index < -0.39 is 60.3 Å². The number of ether oxygens (including phenoxy) is 1. The third-order valence-corrected chi connectivity index (χ3v) is 7.50. The minimum atomic E-state index is -4.66. The second-order valence-corrected chi connectivity index (χ2v) is 11.5. The molecule has 4 aromatic rings. The molecule has 0 spiro atoms. The number of nitrogens with one attached hydrogen (secondary N) is 4. The number of alkyl halides is 3. The predicted octanol–water partition coefficient (Wildman–Crippen LogP) is 4.60. The van der Waals surface area contributed by atoms with Crippen LogP contribution >= 0.6 is 11.6 Å². The van der Waals surface area contributed by atoms with E-state index in [0.717, 1.165) is 5.56 Å². The monoisotopic (exact) mass is 735 g/mol. The van der Waals surface area contributed by atoms with Gasteiger partial charge in [-0.2, -0.15) is 33.4 Å². The lowest BCUT2D eigenvalue weighted by Gasteiger charge is -2.19. The zero-order valence-electron chi connectivity index (χ0n) is 26.5.